The van der Waals surface area contributed by atoms with Crippen molar-refractivity contribution in [3.8, 4) is 0 Å². The summed E-state index contributed by atoms with van der Waals surface area (Å²) in [5, 5.41) is 10.7. The minimum atomic E-state index is -2.41. The van der Waals surface area contributed by atoms with E-state index < -0.39 is 16.8 Å². The summed E-state index contributed by atoms with van der Waals surface area (Å²) >= 11 is -2.41. The summed E-state index contributed by atoms with van der Waals surface area (Å²) in [7, 11) is 0. The number of fused-ring (bicyclic) bond motifs is 6. The maximum absolute atomic E-state index is 4.03. The molecule has 1 atom stereocenters. The van der Waals surface area contributed by atoms with Crippen LogP contribution in [0.1, 0.15) is 44.7 Å². The van der Waals surface area contributed by atoms with Crippen molar-refractivity contribution in [1.29, 1.82) is 0 Å². The van der Waals surface area contributed by atoms with Gasteiger partial charge in [-0.25, -0.2) is 0 Å². The van der Waals surface area contributed by atoms with Crippen LogP contribution in [0.4, 0.5) is 0 Å². The molecule has 0 saturated heterocycles. The molecule has 0 saturated carbocycles. The number of hydrogen-bond donors (Lipinski definition) is 1. The second-order valence-electron chi connectivity index (χ2n) is 9.25. The van der Waals surface area contributed by atoms with E-state index in [4.69, 9.17) is 0 Å². The smallest absolute Gasteiger partial charge is 0.0149 e. The van der Waals surface area contributed by atoms with Crippen LogP contribution in [0, 0.1) is 0 Å². The van der Waals surface area contributed by atoms with E-state index >= 15 is 0 Å². The van der Waals surface area contributed by atoms with Crippen molar-refractivity contribution in [1.82, 2.24) is 3.80 Å². The summed E-state index contributed by atoms with van der Waals surface area (Å²) < 4.78 is 5.60. The number of nitrogens with one attached hydrogen (secondary N) is 1. The van der Waals surface area contributed by atoms with Crippen LogP contribution in [0.15, 0.2) is 48.5 Å². The summed E-state index contributed by atoms with van der Waals surface area (Å²) in [6.45, 7) is 9.20. The molecular formula is C24H33Cl2NSiTi. The molecule has 0 bridgehead atoms. The van der Waals surface area contributed by atoms with E-state index in [0.29, 0.717) is 5.92 Å². The molecule has 3 aromatic rings. The van der Waals surface area contributed by atoms with Gasteiger partial charge in [-0.15, -0.1) is 0 Å². The molecule has 156 valence electrons. The molecule has 0 heterocycles. The quantitative estimate of drug-likeness (QED) is 0.360. The molecule has 0 aromatic heterocycles. The van der Waals surface area contributed by atoms with Crippen molar-refractivity contribution in [2.75, 3.05) is 0 Å². The van der Waals surface area contributed by atoms with Crippen LogP contribution in [0.3, 0.4) is 0 Å². The van der Waals surface area contributed by atoms with Crippen LogP contribution in [0.5, 0.6) is 0 Å². The molecule has 0 aliphatic heterocycles. The predicted molar refractivity (Wildman–Crippen MR) is 124 cm³/mol. The molecule has 1 unspecified atom stereocenters. The molecule has 1 N–H and O–H groups in total. The Morgan fingerprint density at radius 2 is 1.45 bits per heavy atom. The summed E-state index contributed by atoms with van der Waals surface area (Å²) in [6.07, 6.45) is 4.71. The van der Waals surface area contributed by atoms with E-state index in [1.807, 2.05) is 0 Å². The fourth-order valence-electron chi connectivity index (χ4n) is 4.81. The van der Waals surface area contributed by atoms with Gasteiger partial charge in [-0.1, -0.05) is 0 Å². The second kappa shape index (κ2) is 9.26. The zero-order chi connectivity index (χ0) is 18.7. The molecule has 1 aliphatic carbocycles. The Kier molecular flexibility index (Phi) is 8.44. The van der Waals surface area contributed by atoms with Gasteiger partial charge in [0.15, 0.2) is 0 Å². The molecule has 0 fully saturated rings. The summed E-state index contributed by atoms with van der Waals surface area (Å²) in [5.41, 5.74) is 3.10. The van der Waals surface area contributed by atoms with Crippen LogP contribution < -0.4 is 32.5 Å². The van der Waals surface area contributed by atoms with Crippen molar-refractivity contribution in [3.63, 3.8) is 0 Å². The standard InChI is InChI=1S/C18H13.C4H10N.2CH3.2ClH.H4Si.Ti/c1-12-10-11-17-15-8-3-2-6-13(15)14-7-4-5-9-16(14)18(12)17;1-4(2,3)5;;;;;;/h2-8,10-12H,1H3;5H,1-3H3;2*1H3;2*1H;1H4;/q;-1;;;;;;+3/p-2. The van der Waals surface area contributed by atoms with Gasteiger partial charge in [0.1, 0.15) is 0 Å². The maximum Gasteiger partial charge on any atom is -0.0149 e. The van der Waals surface area contributed by atoms with Crippen molar-refractivity contribution >= 4 is 42.5 Å². The maximum atomic E-state index is 4.03. The Balaban J connectivity index is 0.00000140. The van der Waals surface area contributed by atoms with Gasteiger partial charge in [0.05, 0.1) is 0 Å². The number of allylic oxidation sites excluding steroid dienone is 1. The number of hydrogen-bond acceptors (Lipinski definition) is 1. The molecule has 1 nitrogen and oxygen atoms in total. The summed E-state index contributed by atoms with van der Waals surface area (Å²) in [4.78, 5) is 0. The van der Waals surface area contributed by atoms with Crippen molar-refractivity contribution in [2.24, 2.45) is 0 Å². The fourth-order valence-corrected chi connectivity index (χ4v) is 10.2. The normalized spacial score (nSPS) is 14.9. The van der Waals surface area contributed by atoms with E-state index in [-0.39, 0.29) is 41.3 Å². The minimum Gasteiger partial charge on any atom is -1.00 e. The van der Waals surface area contributed by atoms with E-state index in [0.717, 1.165) is 0 Å². The molecule has 29 heavy (non-hydrogen) atoms. The molecule has 0 radical (unpaired) electrons. The zero-order valence-corrected chi connectivity index (χ0v) is 20.6. The average Bonchev–Trinajstić information content (AvgIpc) is 2.94. The second-order valence-corrected chi connectivity index (χ2v) is 15.6. The predicted octanol–water partition coefficient (Wildman–Crippen LogP) is -1.14. The van der Waals surface area contributed by atoms with Gasteiger partial charge in [-0.3, -0.25) is 0 Å². The third kappa shape index (κ3) is 4.69. The Hall–Kier alpha value is -0.609. The topological polar surface area (TPSA) is 12.0 Å². The SMILES string of the molecule is CC1C=Cc2c1c1[c]([Ti+2]([CH3])([CH3])[NH]C(C)(C)C)cccc1c1ccccc21.[Cl-].[Cl-].[SiH4]. The molecule has 5 heteroatoms. The molecule has 1 aliphatic rings. The Labute approximate surface area is 196 Å². The first-order valence-electron chi connectivity index (χ1n) is 9.64. The van der Waals surface area contributed by atoms with Gasteiger partial charge >= 0.3 is 161 Å². The number of benzene rings is 3. The molecular weight excluding hydrogens is 449 g/mol. The van der Waals surface area contributed by atoms with Crippen LogP contribution in [-0.2, 0) is 16.8 Å². The van der Waals surface area contributed by atoms with Crippen LogP contribution in [0.25, 0.3) is 27.6 Å². The van der Waals surface area contributed by atoms with Gasteiger partial charge < -0.3 is 24.8 Å². The first-order valence-corrected chi connectivity index (χ1v) is 14.3. The van der Waals surface area contributed by atoms with Gasteiger partial charge in [0.2, 0.25) is 0 Å². The van der Waals surface area contributed by atoms with Crippen molar-refractivity contribution in [3.05, 3.63) is 59.7 Å². The Morgan fingerprint density at radius 3 is 2.07 bits per heavy atom. The fraction of sp³-hybridized carbons (Fsp3) is 0.333. The third-order valence-electron chi connectivity index (χ3n) is 5.50. The van der Waals surface area contributed by atoms with E-state index in [2.05, 4.69) is 96.6 Å². The average molecular weight is 482 g/mol. The largest absolute Gasteiger partial charge is 1.00 e. The molecule has 0 amide bonds. The zero-order valence-electron chi connectivity index (χ0n) is 17.5. The van der Waals surface area contributed by atoms with Crippen molar-refractivity contribution in [2.45, 2.75) is 49.6 Å². The van der Waals surface area contributed by atoms with Crippen LogP contribution >= 0.6 is 0 Å². The van der Waals surface area contributed by atoms with E-state index in [1.165, 1.54) is 32.7 Å². The molecule has 0 spiro atoms. The first kappa shape index (κ1) is 26.4. The van der Waals surface area contributed by atoms with Gasteiger partial charge in [-0.2, -0.15) is 0 Å². The van der Waals surface area contributed by atoms with Crippen molar-refractivity contribution < 1.29 is 41.7 Å². The monoisotopic (exact) mass is 481 g/mol. The Morgan fingerprint density at radius 1 is 0.862 bits per heavy atom. The Bertz CT molecular complexity index is 1050. The van der Waals surface area contributed by atoms with Gasteiger partial charge in [0.25, 0.3) is 0 Å². The first-order chi connectivity index (χ1) is 12.2. The molecule has 3 aromatic carbocycles. The van der Waals surface area contributed by atoms with Crippen LogP contribution in [-0.4, -0.2) is 16.5 Å². The van der Waals surface area contributed by atoms with Gasteiger partial charge in [0, 0.05) is 0 Å². The summed E-state index contributed by atoms with van der Waals surface area (Å²) in [5.74, 6) is 0.478. The third-order valence-corrected chi connectivity index (χ3v) is 10.4. The van der Waals surface area contributed by atoms with Gasteiger partial charge in [-0.05, 0) is 11.0 Å². The van der Waals surface area contributed by atoms with E-state index in [9.17, 15) is 0 Å². The number of halogens is 2. The van der Waals surface area contributed by atoms with Crippen LogP contribution in [0.2, 0.25) is 10.5 Å². The molecule has 4 rings (SSSR count). The number of rotatable bonds is 2. The summed E-state index contributed by atoms with van der Waals surface area (Å²) in [6, 6.07) is 15.9. The van der Waals surface area contributed by atoms with E-state index in [1.54, 1.807) is 3.87 Å². The minimum absolute atomic E-state index is 0.